The van der Waals surface area contributed by atoms with Gasteiger partial charge in [-0.15, -0.1) is 10.2 Å². The first-order chi connectivity index (χ1) is 13.6. The molecule has 3 aromatic rings. The second kappa shape index (κ2) is 8.77. The molecule has 0 aliphatic carbocycles. The molecule has 142 valence electrons. The van der Waals surface area contributed by atoms with Gasteiger partial charge in [0.25, 0.3) is 5.91 Å². The minimum atomic E-state index is -0.498. The summed E-state index contributed by atoms with van der Waals surface area (Å²) in [5.74, 6) is -0.438. The average Bonchev–Trinajstić information content (AvgIpc) is 2.71. The molecule has 0 aliphatic heterocycles. The highest BCUT2D eigenvalue weighted by Crippen LogP contribution is 2.19. The Bertz CT molecular complexity index is 987. The van der Waals surface area contributed by atoms with Crippen LogP contribution in [0, 0.1) is 6.92 Å². The zero-order valence-electron chi connectivity index (χ0n) is 15.6. The number of esters is 1. The summed E-state index contributed by atoms with van der Waals surface area (Å²) < 4.78 is 5.01. The van der Waals surface area contributed by atoms with Crippen molar-refractivity contribution in [2.24, 2.45) is 0 Å². The van der Waals surface area contributed by atoms with Gasteiger partial charge in [0.05, 0.1) is 17.9 Å². The molecular formula is C21H20N4O3. The molecule has 0 saturated heterocycles. The molecule has 0 fully saturated rings. The van der Waals surface area contributed by atoms with Crippen molar-refractivity contribution in [2.45, 2.75) is 13.8 Å². The van der Waals surface area contributed by atoms with Crippen LogP contribution in [0.3, 0.4) is 0 Å². The Hall–Kier alpha value is -3.74. The number of benzene rings is 2. The van der Waals surface area contributed by atoms with Gasteiger partial charge in [0.2, 0.25) is 0 Å². The maximum atomic E-state index is 12.5. The van der Waals surface area contributed by atoms with Crippen molar-refractivity contribution in [1.29, 1.82) is 0 Å². The lowest BCUT2D eigenvalue weighted by Gasteiger charge is -2.10. The minimum absolute atomic E-state index is 0.133. The lowest BCUT2D eigenvalue weighted by Crippen LogP contribution is -2.17. The highest BCUT2D eigenvalue weighted by Gasteiger charge is 2.16. The van der Waals surface area contributed by atoms with Crippen molar-refractivity contribution < 1.29 is 14.3 Å². The van der Waals surface area contributed by atoms with E-state index in [9.17, 15) is 9.59 Å². The number of carbonyl (C=O) groups is 2. The number of nitrogens with zero attached hydrogens (tertiary/aromatic N) is 2. The van der Waals surface area contributed by atoms with Gasteiger partial charge >= 0.3 is 5.97 Å². The summed E-state index contributed by atoms with van der Waals surface area (Å²) in [6.45, 7) is 3.96. The Balaban J connectivity index is 1.72. The maximum Gasteiger partial charge on any atom is 0.340 e. The number of aryl methyl sites for hydroxylation is 1. The molecule has 2 aromatic carbocycles. The summed E-state index contributed by atoms with van der Waals surface area (Å²) in [7, 11) is 0. The van der Waals surface area contributed by atoms with Crippen molar-refractivity contribution in [3.63, 3.8) is 0 Å². The minimum Gasteiger partial charge on any atom is -0.462 e. The van der Waals surface area contributed by atoms with Gasteiger partial charge < -0.3 is 15.4 Å². The van der Waals surface area contributed by atoms with Gasteiger partial charge in [-0.2, -0.15) is 0 Å². The van der Waals surface area contributed by atoms with Crippen LogP contribution in [0.4, 0.5) is 17.2 Å². The Morgan fingerprint density at radius 2 is 1.64 bits per heavy atom. The van der Waals surface area contributed by atoms with Crippen LogP contribution < -0.4 is 10.6 Å². The number of amides is 1. The van der Waals surface area contributed by atoms with E-state index < -0.39 is 11.9 Å². The number of hydrogen-bond acceptors (Lipinski definition) is 6. The second-order valence-electron chi connectivity index (χ2n) is 5.96. The van der Waals surface area contributed by atoms with Crippen LogP contribution in [-0.2, 0) is 4.74 Å². The molecule has 0 atom stereocenters. The van der Waals surface area contributed by atoms with E-state index in [2.05, 4.69) is 20.8 Å². The third kappa shape index (κ3) is 4.50. The van der Waals surface area contributed by atoms with Crippen molar-refractivity contribution >= 4 is 29.1 Å². The molecule has 0 spiro atoms. The second-order valence-corrected chi connectivity index (χ2v) is 5.96. The van der Waals surface area contributed by atoms with Crippen molar-refractivity contribution in [3.8, 4) is 0 Å². The largest absolute Gasteiger partial charge is 0.462 e. The lowest BCUT2D eigenvalue weighted by atomic mass is 10.1. The highest BCUT2D eigenvalue weighted by atomic mass is 16.5. The predicted molar refractivity (Wildman–Crippen MR) is 107 cm³/mol. The van der Waals surface area contributed by atoms with Gasteiger partial charge in [0, 0.05) is 5.69 Å². The predicted octanol–water partition coefficient (Wildman–Crippen LogP) is 3.96. The molecule has 0 radical (unpaired) electrons. The van der Waals surface area contributed by atoms with E-state index >= 15 is 0 Å². The first kappa shape index (κ1) is 19.0. The van der Waals surface area contributed by atoms with E-state index in [-0.39, 0.29) is 17.9 Å². The molecule has 0 saturated carbocycles. The fourth-order valence-electron chi connectivity index (χ4n) is 2.54. The quantitative estimate of drug-likeness (QED) is 0.633. The van der Waals surface area contributed by atoms with E-state index in [1.807, 2.05) is 31.2 Å². The Labute approximate surface area is 162 Å². The zero-order chi connectivity index (χ0) is 19.9. The van der Waals surface area contributed by atoms with Crippen LogP contribution in [0.1, 0.15) is 33.3 Å². The monoisotopic (exact) mass is 376 g/mol. The SMILES string of the molecule is CCOC(=O)c1ccccc1NC(=O)c1ccc(Nc2ccccc2C)nn1. The first-order valence-electron chi connectivity index (χ1n) is 8.82. The first-order valence-corrected chi connectivity index (χ1v) is 8.82. The molecular weight excluding hydrogens is 356 g/mol. The normalized spacial score (nSPS) is 10.2. The molecule has 1 aromatic heterocycles. The van der Waals surface area contributed by atoms with Gasteiger partial charge in [0.15, 0.2) is 11.5 Å². The Kier molecular flexibility index (Phi) is 5.96. The third-order valence-corrected chi connectivity index (χ3v) is 3.98. The van der Waals surface area contributed by atoms with Crippen molar-refractivity contribution in [2.75, 3.05) is 17.2 Å². The summed E-state index contributed by atoms with van der Waals surface area (Å²) in [6, 6.07) is 17.7. The topological polar surface area (TPSA) is 93.2 Å². The summed E-state index contributed by atoms with van der Waals surface area (Å²) >= 11 is 0. The number of aromatic nitrogens is 2. The molecule has 0 bridgehead atoms. The summed E-state index contributed by atoms with van der Waals surface area (Å²) in [4.78, 5) is 24.5. The Morgan fingerprint density at radius 3 is 2.32 bits per heavy atom. The number of rotatable bonds is 6. The number of ether oxygens (including phenoxy) is 1. The van der Waals surface area contributed by atoms with Gasteiger partial charge in [-0.05, 0) is 49.7 Å². The zero-order valence-corrected chi connectivity index (χ0v) is 15.6. The average molecular weight is 376 g/mol. The fourth-order valence-corrected chi connectivity index (χ4v) is 2.54. The van der Waals surface area contributed by atoms with Gasteiger partial charge in [0.1, 0.15) is 0 Å². The number of hydrogen-bond donors (Lipinski definition) is 2. The fraction of sp³-hybridized carbons (Fsp3) is 0.143. The summed E-state index contributed by atoms with van der Waals surface area (Å²) in [6.07, 6.45) is 0. The molecule has 0 unspecified atom stereocenters. The van der Waals surface area contributed by atoms with Gasteiger partial charge in [-0.3, -0.25) is 4.79 Å². The molecule has 7 nitrogen and oxygen atoms in total. The van der Waals surface area contributed by atoms with Crippen LogP contribution >= 0.6 is 0 Å². The van der Waals surface area contributed by atoms with Crippen LogP contribution in [-0.4, -0.2) is 28.7 Å². The molecule has 3 rings (SSSR count). The number of carbonyl (C=O) groups excluding carboxylic acids is 2. The van der Waals surface area contributed by atoms with Crippen LogP contribution in [0.15, 0.2) is 60.7 Å². The molecule has 1 amide bonds. The molecule has 1 heterocycles. The van der Waals surface area contributed by atoms with E-state index in [1.165, 1.54) is 0 Å². The maximum absolute atomic E-state index is 12.5. The summed E-state index contributed by atoms with van der Waals surface area (Å²) in [5.41, 5.74) is 2.76. The van der Waals surface area contributed by atoms with Crippen LogP contribution in [0.5, 0.6) is 0 Å². The van der Waals surface area contributed by atoms with Crippen molar-refractivity contribution in [1.82, 2.24) is 10.2 Å². The highest BCUT2D eigenvalue weighted by molar-refractivity contribution is 6.07. The van der Waals surface area contributed by atoms with Crippen LogP contribution in [0.25, 0.3) is 0 Å². The van der Waals surface area contributed by atoms with E-state index in [0.29, 0.717) is 11.5 Å². The van der Waals surface area contributed by atoms with Crippen LogP contribution in [0.2, 0.25) is 0 Å². The number of para-hydroxylation sites is 2. The number of anilines is 3. The Morgan fingerprint density at radius 1 is 0.929 bits per heavy atom. The van der Waals surface area contributed by atoms with E-state index in [0.717, 1.165) is 11.3 Å². The molecule has 2 N–H and O–H groups in total. The third-order valence-electron chi connectivity index (χ3n) is 3.98. The lowest BCUT2D eigenvalue weighted by molar-refractivity contribution is 0.0527. The van der Waals surface area contributed by atoms with Gasteiger partial charge in [-0.25, -0.2) is 4.79 Å². The van der Waals surface area contributed by atoms with Gasteiger partial charge in [-0.1, -0.05) is 30.3 Å². The van der Waals surface area contributed by atoms with Crippen molar-refractivity contribution in [3.05, 3.63) is 77.5 Å². The molecule has 7 heteroatoms. The smallest absolute Gasteiger partial charge is 0.340 e. The van der Waals surface area contributed by atoms with E-state index in [4.69, 9.17) is 4.74 Å². The van der Waals surface area contributed by atoms with E-state index in [1.54, 1.807) is 43.3 Å². The number of nitrogens with one attached hydrogen (secondary N) is 2. The standard InChI is InChI=1S/C21H20N4O3/c1-3-28-21(27)15-9-5-7-11-17(15)23-20(26)18-12-13-19(25-24-18)22-16-10-6-4-8-14(16)2/h4-13H,3H2,1-2H3,(H,22,25)(H,23,26). The molecule has 28 heavy (non-hydrogen) atoms. The molecule has 0 aliphatic rings. The summed E-state index contributed by atoms with van der Waals surface area (Å²) in [5, 5.41) is 13.9.